The Balaban J connectivity index is 1.70. The van der Waals surface area contributed by atoms with Crippen molar-refractivity contribution in [3.05, 3.63) is 40.4 Å². The van der Waals surface area contributed by atoms with E-state index in [1.165, 1.54) is 0 Å². The molecular formula is C15H19N3O2. The van der Waals surface area contributed by atoms with Crippen LogP contribution in [0.3, 0.4) is 0 Å². The highest BCUT2D eigenvalue weighted by molar-refractivity contribution is 5.77. The maximum Gasteiger partial charge on any atom is 0.258 e. The number of aromatic nitrogens is 2. The topological polar surface area (TPSA) is 81.0 Å². The maximum atomic E-state index is 11.9. The molecule has 0 atom stereocenters. The zero-order valence-electron chi connectivity index (χ0n) is 11.3. The van der Waals surface area contributed by atoms with Gasteiger partial charge in [0, 0.05) is 6.04 Å². The highest BCUT2D eigenvalue weighted by Gasteiger charge is 2.19. The Kier molecular flexibility index (Phi) is 3.80. The van der Waals surface area contributed by atoms with Crippen molar-refractivity contribution in [2.45, 2.75) is 44.4 Å². The van der Waals surface area contributed by atoms with E-state index in [-0.39, 0.29) is 11.7 Å². The number of nitrogens with zero attached hydrogens (tertiary/aromatic N) is 1. The Morgan fingerprint density at radius 1 is 1.25 bits per heavy atom. The second kappa shape index (κ2) is 5.73. The van der Waals surface area contributed by atoms with Crippen molar-refractivity contribution in [2.24, 2.45) is 5.73 Å². The average molecular weight is 273 g/mol. The minimum absolute atomic E-state index is 0.111. The van der Waals surface area contributed by atoms with Crippen molar-refractivity contribution in [1.29, 1.82) is 0 Å². The van der Waals surface area contributed by atoms with Crippen molar-refractivity contribution in [1.82, 2.24) is 9.97 Å². The minimum atomic E-state index is -0.111. The Labute approximate surface area is 117 Å². The van der Waals surface area contributed by atoms with Gasteiger partial charge in [-0.15, -0.1) is 0 Å². The molecule has 5 nitrogen and oxygen atoms in total. The molecule has 1 heterocycles. The predicted molar refractivity (Wildman–Crippen MR) is 77.4 cm³/mol. The summed E-state index contributed by atoms with van der Waals surface area (Å²) < 4.78 is 5.83. The summed E-state index contributed by atoms with van der Waals surface area (Å²) in [6.07, 6.45) is 4.21. The number of nitrogens with one attached hydrogen (secondary N) is 1. The van der Waals surface area contributed by atoms with E-state index in [0.29, 0.717) is 29.4 Å². The molecule has 1 aromatic heterocycles. The number of para-hydroxylation sites is 1. The Morgan fingerprint density at radius 2 is 2.00 bits per heavy atom. The van der Waals surface area contributed by atoms with Crippen molar-refractivity contribution < 1.29 is 4.74 Å². The quantitative estimate of drug-likeness (QED) is 0.892. The largest absolute Gasteiger partial charge is 0.370 e. The number of fused-ring (bicyclic) bond motifs is 1. The maximum absolute atomic E-state index is 11.9. The third-order valence-corrected chi connectivity index (χ3v) is 3.84. The molecule has 3 N–H and O–H groups in total. The van der Waals surface area contributed by atoms with Gasteiger partial charge in [0.05, 0.1) is 17.0 Å². The number of benzene rings is 1. The molecule has 1 aliphatic rings. The fourth-order valence-corrected chi connectivity index (χ4v) is 2.66. The molecule has 3 rings (SSSR count). The van der Waals surface area contributed by atoms with E-state index in [1.807, 2.05) is 18.2 Å². The number of hydrogen-bond donors (Lipinski definition) is 2. The van der Waals surface area contributed by atoms with Gasteiger partial charge in [0.2, 0.25) is 0 Å². The molecule has 1 saturated carbocycles. The van der Waals surface area contributed by atoms with Crippen LogP contribution in [-0.2, 0) is 11.3 Å². The lowest BCUT2D eigenvalue weighted by atomic mass is 9.94. The minimum Gasteiger partial charge on any atom is -0.370 e. The van der Waals surface area contributed by atoms with Gasteiger partial charge >= 0.3 is 0 Å². The Morgan fingerprint density at radius 3 is 2.80 bits per heavy atom. The first-order valence-electron chi connectivity index (χ1n) is 7.07. The fraction of sp³-hybridized carbons (Fsp3) is 0.467. The van der Waals surface area contributed by atoms with Gasteiger partial charge in [-0.05, 0) is 37.8 Å². The molecule has 0 bridgehead atoms. The first-order valence-corrected chi connectivity index (χ1v) is 7.07. The molecule has 0 saturated heterocycles. The van der Waals surface area contributed by atoms with E-state index in [2.05, 4.69) is 9.97 Å². The van der Waals surface area contributed by atoms with E-state index in [1.54, 1.807) is 6.07 Å². The van der Waals surface area contributed by atoms with Gasteiger partial charge in [-0.2, -0.15) is 0 Å². The third kappa shape index (κ3) is 2.89. The first-order chi connectivity index (χ1) is 9.72. The number of aromatic amines is 1. The second-order valence-corrected chi connectivity index (χ2v) is 5.38. The number of hydrogen-bond acceptors (Lipinski definition) is 4. The zero-order chi connectivity index (χ0) is 13.9. The van der Waals surface area contributed by atoms with E-state index >= 15 is 0 Å². The third-order valence-electron chi connectivity index (χ3n) is 3.84. The number of nitrogens with two attached hydrogens (primary N) is 1. The molecule has 0 spiro atoms. The van der Waals surface area contributed by atoms with Crippen LogP contribution < -0.4 is 11.3 Å². The standard InChI is InChI=1S/C15H19N3O2/c16-10-5-7-11(8-6-10)20-9-14-17-13-4-2-1-3-12(13)15(19)18-14/h1-4,10-11H,5-9,16H2,(H,17,18,19). The molecule has 0 unspecified atom stereocenters. The van der Waals surface area contributed by atoms with Gasteiger partial charge in [0.25, 0.3) is 5.56 Å². The van der Waals surface area contributed by atoms with Crippen LogP contribution in [-0.4, -0.2) is 22.1 Å². The summed E-state index contributed by atoms with van der Waals surface area (Å²) in [5.41, 5.74) is 6.47. The molecule has 0 radical (unpaired) electrons. The highest BCUT2D eigenvalue weighted by atomic mass is 16.5. The summed E-state index contributed by atoms with van der Waals surface area (Å²) in [5.74, 6) is 0.587. The number of ether oxygens (including phenoxy) is 1. The molecule has 1 fully saturated rings. The summed E-state index contributed by atoms with van der Waals surface area (Å²) in [4.78, 5) is 19.1. The van der Waals surface area contributed by atoms with Gasteiger partial charge in [-0.25, -0.2) is 4.98 Å². The normalized spacial score (nSPS) is 23.1. The van der Waals surface area contributed by atoms with Crippen molar-refractivity contribution in [3.8, 4) is 0 Å². The van der Waals surface area contributed by atoms with Gasteiger partial charge < -0.3 is 15.5 Å². The monoisotopic (exact) mass is 273 g/mol. The number of rotatable bonds is 3. The van der Waals surface area contributed by atoms with Crippen LogP contribution in [0.2, 0.25) is 0 Å². The van der Waals surface area contributed by atoms with Gasteiger partial charge in [0.1, 0.15) is 12.4 Å². The van der Waals surface area contributed by atoms with Crippen LogP contribution in [0.5, 0.6) is 0 Å². The van der Waals surface area contributed by atoms with Gasteiger partial charge in [-0.3, -0.25) is 4.79 Å². The van der Waals surface area contributed by atoms with Crippen LogP contribution >= 0.6 is 0 Å². The smallest absolute Gasteiger partial charge is 0.258 e. The average Bonchev–Trinajstić information content (AvgIpc) is 2.47. The first kappa shape index (κ1) is 13.3. The van der Waals surface area contributed by atoms with Crippen molar-refractivity contribution >= 4 is 10.9 Å². The van der Waals surface area contributed by atoms with Gasteiger partial charge in [-0.1, -0.05) is 12.1 Å². The Bertz CT molecular complexity index is 645. The summed E-state index contributed by atoms with van der Waals surface area (Å²) in [6.45, 7) is 0.347. The molecule has 5 heteroatoms. The SMILES string of the molecule is NC1CCC(OCc2nc3ccccc3c(=O)[nH]2)CC1. The molecule has 0 amide bonds. The van der Waals surface area contributed by atoms with Crippen molar-refractivity contribution in [2.75, 3.05) is 0 Å². The molecule has 1 aromatic carbocycles. The van der Waals surface area contributed by atoms with Crippen LogP contribution in [0.25, 0.3) is 10.9 Å². The predicted octanol–water partition coefficient (Wildman–Crippen LogP) is 1.71. The summed E-state index contributed by atoms with van der Waals surface area (Å²) in [5, 5.41) is 0.611. The van der Waals surface area contributed by atoms with E-state index in [0.717, 1.165) is 25.7 Å². The van der Waals surface area contributed by atoms with Crippen LogP contribution in [0.4, 0.5) is 0 Å². The second-order valence-electron chi connectivity index (χ2n) is 5.38. The molecule has 1 aliphatic carbocycles. The molecule has 0 aliphatic heterocycles. The molecule has 106 valence electrons. The lowest BCUT2D eigenvalue weighted by Gasteiger charge is -2.25. The molecular weight excluding hydrogens is 254 g/mol. The van der Waals surface area contributed by atoms with Crippen molar-refractivity contribution in [3.63, 3.8) is 0 Å². The molecule has 2 aromatic rings. The number of H-pyrrole nitrogens is 1. The van der Waals surface area contributed by atoms with E-state index in [9.17, 15) is 4.79 Å². The van der Waals surface area contributed by atoms with E-state index < -0.39 is 0 Å². The fourth-order valence-electron chi connectivity index (χ4n) is 2.66. The lowest BCUT2D eigenvalue weighted by molar-refractivity contribution is 0.0106. The highest BCUT2D eigenvalue weighted by Crippen LogP contribution is 2.20. The summed E-state index contributed by atoms with van der Waals surface area (Å²) in [6, 6.07) is 7.64. The molecule has 20 heavy (non-hydrogen) atoms. The van der Waals surface area contributed by atoms with Crippen LogP contribution in [0.1, 0.15) is 31.5 Å². The van der Waals surface area contributed by atoms with Crippen LogP contribution in [0.15, 0.2) is 29.1 Å². The van der Waals surface area contributed by atoms with E-state index in [4.69, 9.17) is 10.5 Å². The van der Waals surface area contributed by atoms with Gasteiger partial charge in [0.15, 0.2) is 0 Å². The zero-order valence-corrected chi connectivity index (χ0v) is 11.3. The lowest BCUT2D eigenvalue weighted by Crippen LogP contribution is -2.30. The summed E-state index contributed by atoms with van der Waals surface area (Å²) in [7, 11) is 0. The summed E-state index contributed by atoms with van der Waals surface area (Å²) >= 11 is 0. The van der Waals surface area contributed by atoms with Crippen LogP contribution in [0, 0.1) is 0 Å². The Hall–Kier alpha value is -1.72.